The van der Waals surface area contributed by atoms with E-state index in [9.17, 15) is 13.2 Å². The molecule has 1 aromatic carbocycles. The van der Waals surface area contributed by atoms with Crippen LogP contribution in [0.3, 0.4) is 0 Å². The molecule has 1 atom stereocenters. The number of piperidine rings is 1. The molecule has 0 spiro atoms. The summed E-state index contributed by atoms with van der Waals surface area (Å²) < 4.78 is 34.6. The number of hydrogen-bond donors (Lipinski definition) is 1. The summed E-state index contributed by atoms with van der Waals surface area (Å²) in [5.74, 6) is 0.563. The lowest BCUT2D eigenvalue weighted by Crippen LogP contribution is -2.48. The second kappa shape index (κ2) is 7.67. The quantitative estimate of drug-likeness (QED) is 0.831. The summed E-state index contributed by atoms with van der Waals surface area (Å²) in [6, 6.07) is 9.21. The van der Waals surface area contributed by atoms with E-state index in [1.165, 1.54) is 0 Å². The highest BCUT2D eigenvalue weighted by molar-refractivity contribution is 8.00. The van der Waals surface area contributed by atoms with Crippen LogP contribution < -0.4 is 5.32 Å². The minimum Gasteiger partial charge on any atom is -0.381 e. The van der Waals surface area contributed by atoms with E-state index < -0.39 is 10.0 Å². The highest BCUT2D eigenvalue weighted by atomic mass is 32.2. The lowest BCUT2D eigenvalue weighted by atomic mass is 10.0. The zero-order chi connectivity index (χ0) is 19.7. The van der Waals surface area contributed by atoms with E-state index in [0.717, 1.165) is 19.3 Å². The van der Waals surface area contributed by atoms with Crippen LogP contribution in [0.2, 0.25) is 0 Å². The number of hydrogen-bond acceptors (Lipinski definition) is 5. The lowest BCUT2D eigenvalue weighted by Gasteiger charge is -2.34. The second-order valence-electron chi connectivity index (χ2n) is 7.54. The van der Waals surface area contributed by atoms with Crippen LogP contribution in [0.25, 0.3) is 4.91 Å². The fourth-order valence-electron chi connectivity index (χ4n) is 4.07. The first-order valence-electron chi connectivity index (χ1n) is 9.70. The smallest absolute Gasteiger partial charge is 0.285 e. The van der Waals surface area contributed by atoms with Gasteiger partial charge in [-0.1, -0.05) is 30.3 Å². The van der Waals surface area contributed by atoms with Crippen LogP contribution >= 0.6 is 0 Å². The van der Waals surface area contributed by atoms with Gasteiger partial charge in [0.1, 0.15) is 10.7 Å². The Kier molecular flexibility index (Phi) is 5.25. The number of sulfonamides is 1. The van der Waals surface area contributed by atoms with Crippen LogP contribution in [-0.4, -0.2) is 57.4 Å². The van der Waals surface area contributed by atoms with Crippen molar-refractivity contribution < 1.29 is 17.9 Å². The number of carbonyl (C=O) groups excluding carboxylic acids is 1. The maximum atomic E-state index is 12.6. The highest BCUT2D eigenvalue weighted by Gasteiger charge is 2.35. The van der Waals surface area contributed by atoms with Crippen molar-refractivity contribution in [3.8, 4) is 0 Å². The molecule has 2 fully saturated rings. The summed E-state index contributed by atoms with van der Waals surface area (Å²) in [6.07, 6.45) is 2.32. The Morgan fingerprint density at radius 3 is 2.54 bits per heavy atom. The van der Waals surface area contributed by atoms with Crippen molar-refractivity contribution in [3.63, 3.8) is 0 Å². The topological polar surface area (TPSA) is 88.1 Å². The van der Waals surface area contributed by atoms with Gasteiger partial charge in [0.15, 0.2) is 0 Å². The molecule has 0 aromatic heterocycles. The Hall–Kier alpha value is -2.19. The van der Waals surface area contributed by atoms with E-state index in [1.54, 1.807) is 12.1 Å². The standard InChI is InChI=1S/C20H25N3O4S/c1-14-18(15-5-3-2-4-6-15)28(25,26)22-19(14)23-10-7-17(8-11-23)21-20(24)16-9-12-27-13-16/h2-6,16-17H,7-13H2,1H3,(H,21,24)/t16-/m0/s1. The number of nitrogens with one attached hydrogen (secondary N) is 1. The third-order valence-electron chi connectivity index (χ3n) is 5.62. The first-order valence-corrected chi connectivity index (χ1v) is 11.1. The van der Waals surface area contributed by atoms with Gasteiger partial charge in [0.25, 0.3) is 10.0 Å². The van der Waals surface area contributed by atoms with Gasteiger partial charge >= 0.3 is 0 Å². The molecule has 2 saturated heterocycles. The van der Waals surface area contributed by atoms with Crippen LogP contribution in [0.15, 0.2) is 40.3 Å². The molecule has 0 unspecified atom stereocenters. The van der Waals surface area contributed by atoms with Crippen molar-refractivity contribution in [2.45, 2.75) is 32.2 Å². The maximum absolute atomic E-state index is 12.6. The van der Waals surface area contributed by atoms with Gasteiger partial charge in [0, 0.05) is 31.3 Å². The molecule has 28 heavy (non-hydrogen) atoms. The van der Waals surface area contributed by atoms with Crippen LogP contribution in [0.1, 0.15) is 31.7 Å². The molecule has 8 heteroatoms. The van der Waals surface area contributed by atoms with Crippen molar-refractivity contribution in [1.82, 2.24) is 10.2 Å². The number of benzene rings is 1. The summed E-state index contributed by atoms with van der Waals surface area (Å²) in [4.78, 5) is 14.6. The Labute approximate surface area is 165 Å². The lowest BCUT2D eigenvalue weighted by molar-refractivity contribution is -0.125. The number of ether oxygens (including phenoxy) is 1. The average molecular weight is 404 g/mol. The Bertz CT molecular complexity index is 910. The summed E-state index contributed by atoms with van der Waals surface area (Å²) >= 11 is 0. The number of nitrogens with zero attached hydrogens (tertiary/aromatic N) is 2. The normalized spacial score (nSPS) is 25.1. The Morgan fingerprint density at radius 2 is 1.89 bits per heavy atom. The average Bonchev–Trinajstić information content (AvgIpc) is 3.30. The highest BCUT2D eigenvalue weighted by Crippen LogP contribution is 2.34. The predicted molar refractivity (Wildman–Crippen MR) is 107 cm³/mol. The SMILES string of the molecule is CC1=C(c2ccccc2)S(=O)(=O)N=C1N1CCC(NC(=O)[C@H]2CCOC2)CC1. The largest absolute Gasteiger partial charge is 0.381 e. The van der Waals surface area contributed by atoms with Gasteiger partial charge in [-0.15, -0.1) is 4.40 Å². The van der Waals surface area contributed by atoms with Gasteiger partial charge in [-0.05, 0) is 31.7 Å². The molecule has 0 bridgehead atoms. The molecule has 1 amide bonds. The van der Waals surface area contributed by atoms with Gasteiger partial charge in [-0.3, -0.25) is 4.79 Å². The molecular weight excluding hydrogens is 378 g/mol. The van der Waals surface area contributed by atoms with Crippen LogP contribution in [0.4, 0.5) is 0 Å². The number of amides is 1. The minimum atomic E-state index is -3.69. The summed E-state index contributed by atoms with van der Waals surface area (Å²) in [5, 5.41) is 3.12. The van der Waals surface area contributed by atoms with Gasteiger partial charge in [-0.2, -0.15) is 8.42 Å². The number of amidine groups is 1. The molecule has 1 N–H and O–H groups in total. The van der Waals surface area contributed by atoms with Crippen molar-refractivity contribution in [3.05, 3.63) is 41.5 Å². The van der Waals surface area contributed by atoms with E-state index >= 15 is 0 Å². The zero-order valence-electron chi connectivity index (χ0n) is 15.9. The number of rotatable bonds is 3. The predicted octanol–water partition coefficient (Wildman–Crippen LogP) is 1.78. The van der Waals surface area contributed by atoms with E-state index in [1.807, 2.05) is 30.0 Å². The zero-order valence-corrected chi connectivity index (χ0v) is 16.7. The minimum absolute atomic E-state index is 0.0408. The second-order valence-corrected chi connectivity index (χ2v) is 9.08. The molecule has 0 aliphatic carbocycles. The fraction of sp³-hybridized carbons (Fsp3) is 0.500. The van der Waals surface area contributed by atoms with E-state index in [0.29, 0.717) is 48.2 Å². The van der Waals surface area contributed by atoms with Crippen LogP contribution in [0.5, 0.6) is 0 Å². The van der Waals surface area contributed by atoms with E-state index in [4.69, 9.17) is 4.74 Å². The van der Waals surface area contributed by atoms with Crippen molar-refractivity contribution in [2.24, 2.45) is 10.3 Å². The molecule has 3 heterocycles. The van der Waals surface area contributed by atoms with Crippen LogP contribution in [-0.2, 0) is 19.6 Å². The number of carbonyl (C=O) groups is 1. The Balaban J connectivity index is 1.43. The molecule has 4 rings (SSSR count). The van der Waals surface area contributed by atoms with Crippen molar-refractivity contribution in [2.75, 3.05) is 26.3 Å². The first-order chi connectivity index (χ1) is 13.5. The van der Waals surface area contributed by atoms with Gasteiger partial charge < -0.3 is 15.0 Å². The summed E-state index contributed by atoms with van der Waals surface area (Å²) in [7, 11) is -3.69. The monoisotopic (exact) mass is 403 g/mol. The third-order valence-corrected chi connectivity index (χ3v) is 7.09. The summed E-state index contributed by atoms with van der Waals surface area (Å²) in [5.41, 5.74) is 1.36. The molecule has 1 aromatic rings. The molecule has 7 nitrogen and oxygen atoms in total. The molecule has 0 radical (unpaired) electrons. The molecule has 0 saturated carbocycles. The van der Waals surface area contributed by atoms with Crippen molar-refractivity contribution >= 4 is 26.7 Å². The first kappa shape index (κ1) is 19.1. The number of likely N-dealkylation sites (tertiary alicyclic amines) is 1. The van der Waals surface area contributed by atoms with Gasteiger partial charge in [-0.25, -0.2) is 0 Å². The molecule has 150 valence electrons. The van der Waals surface area contributed by atoms with E-state index in [2.05, 4.69) is 9.71 Å². The summed E-state index contributed by atoms with van der Waals surface area (Å²) in [6.45, 7) is 4.31. The van der Waals surface area contributed by atoms with Gasteiger partial charge in [0.2, 0.25) is 5.91 Å². The third kappa shape index (κ3) is 3.71. The fourth-order valence-corrected chi connectivity index (χ4v) is 5.55. The Morgan fingerprint density at radius 1 is 1.18 bits per heavy atom. The molecule has 3 aliphatic rings. The van der Waals surface area contributed by atoms with Crippen LogP contribution in [0, 0.1) is 5.92 Å². The van der Waals surface area contributed by atoms with E-state index in [-0.39, 0.29) is 17.9 Å². The molecular formula is C20H25N3O4S. The maximum Gasteiger partial charge on any atom is 0.285 e. The van der Waals surface area contributed by atoms with Crippen molar-refractivity contribution in [1.29, 1.82) is 0 Å². The molecule has 3 aliphatic heterocycles. The van der Waals surface area contributed by atoms with Gasteiger partial charge in [0.05, 0.1) is 12.5 Å².